The second-order valence-electron chi connectivity index (χ2n) is 5.97. The van der Waals surface area contributed by atoms with E-state index in [1.165, 1.54) is 0 Å². The predicted octanol–water partition coefficient (Wildman–Crippen LogP) is 2.11. The number of sulfone groups is 1. The third-order valence-corrected chi connectivity index (χ3v) is 5.66. The summed E-state index contributed by atoms with van der Waals surface area (Å²) in [4.78, 5) is 23.9. The third-order valence-electron chi connectivity index (χ3n) is 3.89. The van der Waals surface area contributed by atoms with E-state index < -0.39 is 27.8 Å². The maximum Gasteiger partial charge on any atom is 0.321 e. The molecule has 7 nitrogen and oxygen atoms in total. The molecular formula is C18H18N2O5S. The first kappa shape index (κ1) is 17.9. The van der Waals surface area contributed by atoms with Gasteiger partial charge in [0.1, 0.15) is 11.5 Å². The maximum absolute atomic E-state index is 12.1. The SMILES string of the molecule is O=C(NC(=O)c1ccc(Oc2ccccc2)cc1)NC1CCS(=O)(=O)C1. The third kappa shape index (κ3) is 4.82. The van der Waals surface area contributed by atoms with Crippen LogP contribution < -0.4 is 15.4 Å². The van der Waals surface area contributed by atoms with Crippen molar-refractivity contribution in [2.45, 2.75) is 12.5 Å². The van der Waals surface area contributed by atoms with Gasteiger partial charge in [-0.05, 0) is 42.8 Å². The first-order valence-electron chi connectivity index (χ1n) is 8.06. The zero-order valence-corrected chi connectivity index (χ0v) is 14.7. The summed E-state index contributed by atoms with van der Waals surface area (Å²) in [6.07, 6.45) is 0.357. The minimum Gasteiger partial charge on any atom is -0.457 e. The van der Waals surface area contributed by atoms with Gasteiger partial charge in [0.25, 0.3) is 5.91 Å². The van der Waals surface area contributed by atoms with Crippen molar-refractivity contribution in [2.24, 2.45) is 0 Å². The number of hydrogen-bond acceptors (Lipinski definition) is 5. The number of carbonyl (C=O) groups is 2. The van der Waals surface area contributed by atoms with Gasteiger partial charge in [0.2, 0.25) is 0 Å². The topological polar surface area (TPSA) is 102 Å². The van der Waals surface area contributed by atoms with E-state index in [1.54, 1.807) is 24.3 Å². The van der Waals surface area contributed by atoms with Gasteiger partial charge < -0.3 is 10.1 Å². The lowest BCUT2D eigenvalue weighted by molar-refractivity contribution is 0.0963. The summed E-state index contributed by atoms with van der Waals surface area (Å²) in [6.45, 7) is 0. The Balaban J connectivity index is 1.54. The monoisotopic (exact) mass is 374 g/mol. The van der Waals surface area contributed by atoms with Crippen LogP contribution in [-0.4, -0.2) is 37.9 Å². The van der Waals surface area contributed by atoms with E-state index in [-0.39, 0.29) is 11.5 Å². The molecule has 1 saturated heterocycles. The minimum absolute atomic E-state index is 0.0504. The summed E-state index contributed by atoms with van der Waals surface area (Å²) in [6, 6.07) is 14.4. The van der Waals surface area contributed by atoms with Gasteiger partial charge in [0, 0.05) is 11.6 Å². The van der Waals surface area contributed by atoms with Crippen molar-refractivity contribution in [3.8, 4) is 11.5 Å². The van der Waals surface area contributed by atoms with Crippen LogP contribution in [-0.2, 0) is 9.84 Å². The Morgan fingerprint density at radius 3 is 2.23 bits per heavy atom. The first-order valence-corrected chi connectivity index (χ1v) is 9.89. The second kappa shape index (κ2) is 7.57. The van der Waals surface area contributed by atoms with Crippen LogP contribution in [0.4, 0.5) is 4.79 Å². The molecule has 0 bridgehead atoms. The van der Waals surface area contributed by atoms with Gasteiger partial charge in [-0.25, -0.2) is 13.2 Å². The average molecular weight is 374 g/mol. The van der Waals surface area contributed by atoms with Gasteiger partial charge in [-0.15, -0.1) is 0 Å². The highest BCUT2D eigenvalue weighted by Crippen LogP contribution is 2.21. The van der Waals surface area contributed by atoms with E-state index in [2.05, 4.69) is 10.6 Å². The molecule has 1 unspecified atom stereocenters. The smallest absolute Gasteiger partial charge is 0.321 e. The van der Waals surface area contributed by atoms with Crippen LogP contribution >= 0.6 is 0 Å². The van der Waals surface area contributed by atoms with Crippen LogP contribution in [0.5, 0.6) is 11.5 Å². The number of imide groups is 1. The molecule has 2 aromatic carbocycles. The highest BCUT2D eigenvalue weighted by atomic mass is 32.2. The Bertz CT molecular complexity index is 895. The molecule has 8 heteroatoms. The van der Waals surface area contributed by atoms with E-state index in [0.29, 0.717) is 23.5 Å². The summed E-state index contributed by atoms with van der Waals surface area (Å²) in [5.41, 5.74) is 0.291. The summed E-state index contributed by atoms with van der Waals surface area (Å²) in [5.74, 6) is 0.619. The van der Waals surface area contributed by atoms with E-state index >= 15 is 0 Å². The Morgan fingerprint density at radius 1 is 0.962 bits per heavy atom. The van der Waals surface area contributed by atoms with Crippen molar-refractivity contribution >= 4 is 21.8 Å². The lowest BCUT2D eigenvalue weighted by Gasteiger charge is -2.11. The predicted molar refractivity (Wildman–Crippen MR) is 96.0 cm³/mol. The van der Waals surface area contributed by atoms with Crippen LogP contribution in [0.1, 0.15) is 16.8 Å². The van der Waals surface area contributed by atoms with Crippen LogP contribution in [0, 0.1) is 0 Å². The van der Waals surface area contributed by atoms with Gasteiger partial charge >= 0.3 is 6.03 Å². The second-order valence-corrected chi connectivity index (χ2v) is 8.20. The number of para-hydroxylation sites is 1. The number of ether oxygens (including phenoxy) is 1. The van der Waals surface area contributed by atoms with Crippen molar-refractivity contribution in [1.82, 2.24) is 10.6 Å². The van der Waals surface area contributed by atoms with Gasteiger partial charge in [0.15, 0.2) is 9.84 Å². The van der Waals surface area contributed by atoms with Crippen LogP contribution in [0.2, 0.25) is 0 Å². The van der Waals surface area contributed by atoms with Crippen molar-refractivity contribution in [1.29, 1.82) is 0 Å². The van der Waals surface area contributed by atoms with Crippen molar-refractivity contribution in [2.75, 3.05) is 11.5 Å². The van der Waals surface area contributed by atoms with Gasteiger partial charge in [0.05, 0.1) is 11.5 Å². The fourth-order valence-corrected chi connectivity index (χ4v) is 4.28. The molecule has 2 aromatic rings. The Hall–Kier alpha value is -2.87. The summed E-state index contributed by atoms with van der Waals surface area (Å²) < 4.78 is 28.4. The summed E-state index contributed by atoms with van der Waals surface area (Å²) in [7, 11) is -3.09. The number of amides is 3. The summed E-state index contributed by atoms with van der Waals surface area (Å²) >= 11 is 0. The molecule has 136 valence electrons. The lowest BCUT2D eigenvalue weighted by Crippen LogP contribution is -2.45. The highest BCUT2D eigenvalue weighted by molar-refractivity contribution is 7.91. The van der Waals surface area contributed by atoms with Crippen LogP contribution in [0.15, 0.2) is 54.6 Å². The quantitative estimate of drug-likeness (QED) is 0.853. The van der Waals surface area contributed by atoms with Crippen molar-refractivity contribution in [3.63, 3.8) is 0 Å². The maximum atomic E-state index is 12.1. The Morgan fingerprint density at radius 2 is 1.62 bits per heavy atom. The Labute approximate surface area is 151 Å². The average Bonchev–Trinajstić information content (AvgIpc) is 2.94. The molecule has 0 spiro atoms. The summed E-state index contributed by atoms with van der Waals surface area (Å²) in [5, 5.41) is 4.70. The van der Waals surface area contributed by atoms with E-state index in [0.717, 1.165) is 0 Å². The van der Waals surface area contributed by atoms with Gasteiger partial charge in [-0.3, -0.25) is 10.1 Å². The molecule has 1 aliphatic heterocycles. The molecule has 0 radical (unpaired) electrons. The molecule has 26 heavy (non-hydrogen) atoms. The van der Waals surface area contributed by atoms with Crippen molar-refractivity contribution < 1.29 is 22.7 Å². The molecular weight excluding hydrogens is 356 g/mol. The fourth-order valence-electron chi connectivity index (χ4n) is 2.60. The normalized spacial score (nSPS) is 18.1. The number of hydrogen-bond donors (Lipinski definition) is 2. The number of benzene rings is 2. The lowest BCUT2D eigenvalue weighted by atomic mass is 10.2. The number of nitrogens with one attached hydrogen (secondary N) is 2. The fraction of sp³-hybridized carbons (Fsp3) is 0.222. The molecule has 1 fully saturated rings. The van der Waals surface area contributed by atoms with Gasteiger partial charge in [-0.1, -0.05) is 18.2 Å². The molecule has 1 aliphatic rings. The molecule has 0 aliphatic carbocycles. The molecule has 3 amide bonds. The minimum atomic E-state index is -3.09. The van der Waals surface area contributed by atoms with Crippen molar-refractivity contribution in [3.05, 3.63) is 60.2 Å². The van der Waals surface area contributed by atoms with Crippen LogP contribution in [0.3, 0.4) is 0 Å². The zero-order chi connectivity index (χ0) is 18.6. The van der Waals surface area contributed by atoms with Crippen LogP contribution in [0.25, 0.3) is 0 Å². The zero-order valence-electron chi connectivity index (χ0n) is 13.8. The highest BCUT2D eigenvalue weighted by Gasteiger charge is 2.29. The van der Waals surface area contributed by atoms with E-state index in [4.69, 9.17) is 4.74 Å². The molecule has 0 saturated carbocycles. The molecule has 1 heterocycles. The number of urea groups is 1. The molecule has 2 N–H and O–H groups in total. The van der Waals surface area contributed by atoms with Gasteiger partial charge in [-0.2, -0.15) is 0 Å². The molecule has 0 aromatic heterocycles. The first-order chi connectivity index (χ1) is 12.4. The Kier molecular flexibility index (Phi) is 5.22. The largest absolute Gasteiger partial charge is 0.457 e. The van der Waals surface area contributed by atoms with E-state index in [9.17, 15) is 18.0 Å². The molecule has 3 rings (SSSR count). The molecule has 1 atom stereocenters. The number of rotatable bonds is 4. The number of carbonyl (C=O) groups excluding carboxylic acids is 2. The standard InChI is InChI=1S/C18H18N2O5S/c21-17(20-18(22)19-14-10-11-26(23,24)12-14)13-6-8-16(9-7-13)25-15-4-2-1-3-5-15/h1-9,14H,10-12H2,(H2,19,20,21,22). The van der Waals surface area contributed by atoms with E-state index in [1.807, 2.05) is 30.3 Å².